The van der Waals surface area contributed by atoms with E-state index in [1.165, 1.54) is 18.5 Å². The minimum atomic E-state index is 0.776. The summed E-state index contributed by atoms with van der Waals surface area (Å²) in [5.74, 6) is 0. The molecule has 10 heavy (non-hydrogen) atoms. The van der Waals surface area contributed by atoms with Crippen LogP contribution in [-0.2, 0) is 0 Å². The molecule has 1 aliphatic rings. The Hall–Kier alpha value is -0.920. The molecule has 0 spiro atoms. The fourth-order valence-corrected chi connectivity index (χ4v) is 1.13. The van der Waals surface area contributed by atoms with E-state index in [1.54, 1.807) is 12.5 Å². The molecule has 0 atom stereocenters. The van der Waals surface area contributed by atoms with Crippen molar-refractivity contribution in [1.29, 1.82) is 0 Å². The van der Waals surface area contributed by atoms with Gasteiger partial charge in [0.1, 0.15) is 6.26 Å². The first-order valence-electron chi connectivity index (χ1n) is 3.63. The number of rotatable bonds is 2. The van der Waals surface area contributed by atoms with Gasteiger partial charge in [-0.25, -0.2) is 0 Å². The first-order valence-corrected chi connectivity index (χ1v) is 3.63. The smallest absolute Gasteiger partial charge is 0.114 e. The summed E-state index contributed by atoms with van der Waals surface area (Å²) in [5.41, 5.74) is 1.20. The van der Waals surface area contributed by atoms with Crippen molar-refractivity contribution in [2.24, 2.45) is 0 Å². The van der Waals surface area contributed by atoms with Crippen LogP contribution in [0.1, 0.15) is 12.8 Å². The lowest BCUT2D eigenvalue weighted by atomic mass is 10.4. The Morgan fingerprint density at radius 1 is 1.60 bits per heavy atom. The van der Waals surface area contributed by atoms with Gasteiger partial charge in [-0.2, -0.15) is 0 Å². The Kier molecular flexibility index (Phi) is 1.19. The molecule has 0 unspecified atom stereocenters. The molecule has 0 radical (unpaired) electrons. The van der Waals surface area contributed by atoms with Gasteiger partial charge in [0.15, 0.2) is 0 Å². The van der Waals surface area contributed by atoms with Gasteiger partial charge in [0.25, 0.3) is 0 Å². The van der Waals surface area contributed by atoms with Gasteiger partial charge >= 0.3 is 0 Å². The Balaban J connectivity index is 2.11. The predicted molar refractivity (Wildman–Crippen MR) is 40.1 cm³/mol. The number of hydrogen-bond acceptors (Lipinski definition) is 2. The van der Waals surface area contributed by atoms with Crippen molar-refractivity contribution in [1.82, 2.24) is 0 Å². The van der Waals surface area contributed by atoms with Crippen molar-refractivity contribution in [3.8, 4) is 0 Å². The van der Waals surface area contributed by atoms with Gasteiger partial charge in [-0.1, -0.05) is 0 Å². The van der Waals surface area contributed by atoms with Crippen molar-refractivity contribution in [2.75, 3.05) is 11.9 Å². The highest BCUT2D eigenvalue weighted by atomic mass is 16.3. The highest BCUT2D eigenvalue weighted by Crippen LogP contribution is 2.29. The summed E-state index contributed by atoms with van der Waals surface area (Å²) in [6.07, 6.45) is 6.18. The molecule has 2 heteroatoms. The Labute approximate surface area is 60.4 Å². The van der Waals surface area contributed by atoms with Crippen LogP contribution in [-0.4, -0.2) is 13.1 Å². The molecule has 1 saturated carbocycles. The molecular weight excluding hydrogens is 126 g/mol. The van der Waals surface area contributed by atoms with E-state index in [0.29, 0.717) is 0 Å². The van der Waals surface area contributed by atoms with Gasteiger partial charge in [-0.05, 0) is 18.9 Å². The Morgan fingerprint density at radius 2 is 2.40 bits per heavy atom. The van der Waals surface area contributed by atoms with E-state index in [-0.39, 0.29) is 0 Å². The van der Waals surface area contributed by atoms with E-state index >= 15 is 0 Å². The average molecular weight is 137 g/mol. The lowest BCUT2D eigenvalue weighted by Crippen LogP contribution is -2.18. The molecule has 2 rings (SSSR count). The normalized spacial score (nSPS) is 17.3. The van der Waals surface area contributed by atoms with E-state index in [9.17, 15) is 0 Å². The molecule has 0 amide bonds. The van der Waals surface area contributed by atoms with Crippen LogP contribution >= 0.6 is 0 Å². The second kappa shape index (κ2) is 2.04. The molecule has 1 aromatic heterocycles. The van der Waals surface area contributed by atoms with Crippen LogP contribution in [0.3, 0.4) is 0 Å². The van der Waals surface area contributed by atoms with E-state index in [0.717, 1.165) is 6.04 Å². The van der Waals surface area contributed by atoms with Crippen LogP contribution in [0.25, 0.3) is 0 Å². The van der Waals surface area contributed by atoms with Crippen molar-refractivity contribution in [3.63, 3.8) is 0 Å². The Morgan fingerprint density at radius 3 is 2.90 bits per heavy atom. The van der Waals surface area contributed by atoms with Crippen LogP contribution in [0.5, 0.6) is 0 Å². The van der Waals surface area contributed by atoms with Gasteiger partial charge in [0.05, 0.1) is 12.0 Å². The van der Waals surface area contributed by atoms with E-state index in [1.807, 2.05) is 6.07 Å². The number of nitrogens with zero attached hydrogens (tertiary/aromatic N) is 1. The second-order valence-corrected chi connectivity index (χ2v) is 2.82. The topological polar surface area (TPSA) is 16.4 Å². The molecule has 0 saturated heterocycles. The zero-order valence-electron chi connectivity index (χ0n) is 6.08. The molecule has 0 aliphatic heterocycles. The summed E-state index contributed by atoms with van der Waals surface area (Å²) in [4.78, 5) is 2.27. The largest absolute Gasteiger partial charge is 0.470 e. The maximum absolute atomic E-state index is 4.97. The molecule has 1 aromatic rings. The molecule has 54 valence electrons. The minimum absolute atomic E-state index is 0.776. The van der Waals surface area contributed by atoms with Gasteiger partial charge in [0, 0.05) is 13.1 Å². The van der Waals surface area contributed by atoms with Crippen molar-refractivity contribution >= 4 is 5.69 Å². The summed E-state index contributed by atoms with van der Waals surface area (Å²) >= 11 is 0. The zero-order valence-corrected chi connectivity index (χ0v) is 6.08. The van der Waals surface area contributed by atoms with Crippen LogP contribution in [0.15, 0.2) is 23.0 Å². The summed E-state index contributed by atoms with van der Waals surface area (Å²) in [7, 11) is 2.11. The van der Waals surface area contributed by atoms with Gasteiger partial charge in [0.2, 0.25) is 0 Å². The summed E-state index contributed by atoms with van der Waals surface area (Å²) in [6.45, 7) is 0. The maximum Gasteiger partial charge on any atom is 0.114 e. The van der Waals surface area contributed by atoms with Crippen LogP contribution < -0.4 is 4.90 Å². The zero-order chi connectivity index (χ0) is 6.97. The molecule has 0 N–H and O–H groups in total. The van der Waals surface area contributed by atoms with Gasteiger partial charge in [-0.3, -0.25) is 0 Å². The third-order valence-electron chi connectivity index (χ3n) is 2.01. The molecule has 1 fully saturated rings. The highest BCUT2D eigenvalue weighted by molar-refractivity contribution is 5.44. The summed E-state index contributed by atoms with van der Waals surface area (Å²) < 4.78 is 4.97. The average Bonchev–Trinajstić information content (AvgIpc) is 2.65. The van der Waals surface area contributed by atoms with Gasteiger partial charge < -0.3 is 9.32 Å². The maximum atomic E-state index is 4.97. The van der Waals surface area contributed by atoms with Crippen LogP contribution in [0.2, 0.25) is 0 Å². The number of anilines is 1. The lowest BCUT2D eigenvalue weighted by Gasteiger charge is -2.14. The molecule has 1 heterocycles. The minimum Gasteiger partial charge on any atom is -0.470 e. The first kappa shape index (κ1) is 5.83. The standard InChI is InChI=1S/C8H11NO/c1-9(7-2-3-7)8-4-5-10-6-8/h4-7H,2-3H2,1H3. The molecule has 2 nitrogen and oxygen atoms in total. The number of furan rings is 1. The molecule has 0 bridgehead atoms. The van der Waals surface area contributed by atoms with E-state index in [4.69, 9.17) is 4.42 Å². The van der Waals surface area contributed by atoms with Crippen LogP contribution in [0.4, 0.5) is 5.69 Å². The molecule has 0 aromatic carbocycles. The monoisotopic (exact) mass is 137 g/mol. The predicted octanol–water partition coefficient (Wildman–Crippen LogP) is 1.88. The molecule has 1 aliphatic carbocycles. The third kappa shape index (κ3) is 0.897. The third-order valence-corrected chi connectivity index (χ3v) is 2.01. The van der Waals surface area contributed by atoms with Crippen molar-refractivity contribution in [3.05, 3.63) is 18.6 Å². The highest BCUT2D eigenvalue weighted by Gasteiger charge is 2.26. The SMILES string of the molecule is CN(c1ccoc1)C1CC1. The fraction of sp³-hybridized carbons (Fsp3) is 0.500. The lowest BCUT2D eigenvalue weighted by molar-refractivity contribution is 0.566. The Bertz CT molecular complexity index is 201. The quantitative estimate of drug-likeness (QED) is 0.618. The van der Waals surface area contributed by atoms with Gasteiger partial charge in [-0.15, -0.1) is 0 Å². The number of hydrogen-bond donors (Lipinski definition) is 0. The van der Waals surface area contributed by atoms with E-state index in [2.05, 4.69) is 11.9 Å². The van der Waals surface area contributed by atoms with Crippen LogP contribution in [0, 0.1) is 0 Å². The second-order valence-electron chi connectivity index (χ2n) is 2.82. The summed E-state index contributed by atoms with van der Waals surface area (Å²) in [5, 5.41) is 0. The molecular formula is C8H11NO. The van der Waals surface area contributed by atoms with Crippen molar-refractivity contribution < 1.29 is 4.42 Å². The van der Waals surface area contributed by atoms with Crippen molar-refractivity contribution in [2.45, 2.75) is 18.9 Å². The summed E-state index contributed by atoms with van der Waals surface area (Å²) in [6, 6.07) is 2.77. The fourth-order valence-electron chi connectivity index (χ4n) is 1.13. The first-order chi connectivity index (χ1) is 4.88. The van der Waals surface area contributed by atoms with E-state index < -0.39 is 0 Å².